The van der Waals surface area contributed by atoms with E-state index in [-0.39, 0.29) is 17.8 Å². The van der Waals surface area contributed by atoms with Gasteiger partial charge in [0.2, 0.25) is 0 Å². The smallest absolute Gasteiger partial charge is 0.339 e. The first-order chi connectivity index (χ1) is 7.58. The number of phenols is 1. The van der Waals surface area contributed by atoms with E-state index in [1.54, 1.807) is 19.1 Å². The van der Waals surface area contributed by atoms with Gasteiger partial charge in [0.1, 0.15) is 11.9 Å². The van der Waals surface area contributed by atoms with Gasteiger partial charge in [0, 0.05) is 5.56 Å². The Labute approximate surface area is 93.5 Å². The maximum Gasteiger partial charge on any atom is 0.339 e. The molecule has 16 heavy (non-hydrogen) atoms. The first kappa shape index (κ1) is 11.0. The lowest BCUT2D eigenvalue weighted by molar-refractivity contribution is 0.0332. The second-order valence-electron chi connectivity index (χ2n) is 4.09. The number of aliphatic hydroxyl groups is 1. The van der Waals surface area contributed by atoms with Crippen molar-refractivity contribution in [1.82, 2.24) is 0 Å². The third-order valence-corrected chi connectivity index (χ3v) is 2.70. The Bertz CT molecular complexity index is 411. The van der Waals surface area contributed by atoms with Gasteiger partial charge in [0.25, 0.3) is 0 Å². The average Bonchev–Trinajstić information content (AvgIpc) is 2.52. The molecule has 0 amide bonds. The van der Waals surface area contributed by atoms with Gasteiger partial charge in [0.05, 0.1) is 11.7 Å². The average molecular weight is 222 g/mol. The van der Waals surface area contributed by atoms with Crippen molar-refractivity contribution in [3.8, 4) is 5.75 Å². The molecule has 0 saturated heterocycles. The van der Waals surface area contributed by atoms with Gasteiger partial charge in [-0.25, -0.2) is 4.79 Å². The molecule has 0 bridgehead atoms. The van der Waals surface area contributed by atoms with Crippen molar-refractivity contribution in [2.24, 2.45) is 0 Å². The molecule has 1 aliphatic rings. The van der Waals surface area contributed by atoms with Crippen molar-refractivity contribution in [2.75, 3.05) is 0 Å². The summed E-state index contributed by atoms with van der Waals surface area (Å²) in [6, 6.07) is 4.58. The van der Waals surface area contributed by atoms with Crippen LogP contribution in [0.25, 0.3) is 0 Å². The number of fused-ring (bicyclic) bond motifs is 1. The molecule has 1 aromatic rings. The molecule has 4 nitrogen and oxygen atoms in total. The summed E-state index contributed by atoms with van der Waals surface area (Å²) < 4.78 is 5.18. The number of aromatic hydroxyl groups is 1. The highest BCUT2D eigenvalue weighted by Gasteiger charge is 2.30. The molecule has 0 aliphatic carbocycles. The third kappa shape index (κ3) is 2.02. The van der Waals surface area contributed by atoms with Crippen LogP contribution in [0.5, 0.6) is 5.75 Å². The number of cyclic esters (lactones) is 1. The summed E-state index contributed by atoms with van der Waals surface area (Å²) in [6.07, 6.45) is 0.372. The number of ether oxygens (including phenoxy) is 1. The van der Waals surface area contributed by atoms with Gasteiger partial charge in [-0.05, 0) is 38.0 Å². The van der Waals surface area contributed by atoms with E-state index < -0.39 is 6.10 Å². The lowest BCUT2D eigenvalue weighted by Crippen LogP contribution is -2.05. The molecule has 2 N–H and O–H groups in total. The molecule has 0 fully saturated rings. The second kappa shape index (κ2) is 4.14. The maximum atomic E-state index is 11.5. The van der Waals surface area contributed by atoms with Crippen LogP contribution in [0.4, 0.5) is 0 Å². The Kier molecular flexibility index (Phi) is 2.83. The van der Waals surface area contributed by atoms with Crippen molar-refractivity contribution < 1.29 is 19.7 Å². The molecular weight excluding hydrogens is 208 g/mol. The van der Waals surface area contributed by atoms with Crippen LogP contribution in [0.1, 0.15) is 41.8 Å². The van der Waals surface area contributed by atoms with Crippen molar-refractivity contribution in [2.45, 2.75) is 32.0 Å². The van der Waals surface area contributed by atoms with E-state index in [1.165, 1.54) is 6.07 Å². The van der Waals surface area contributed by atoms with Gasteiger partial charge < -0.3 is 14.9 Å². The van der Waals surface area contributed by atoms with E-state index in [4.69, 9.17) is 4.74 Å². The number of esters is 1. The van der Waals surface area contributed by atoms with E-state index in [2.05, 4.69) is 0 Å². The molecule has 1 aromatic carbocycles. The van der Waals surface area contributed by atoms with Crippen LogP contribution in [0.15, 0.2) is 18.2 Å². The summed E-state index contributed by atoms with van der Waals surface area (Å²) >= 11 is 0. The highest BCUT2D eigenvalue weighted by Crippen LogP contribution is 2.35. The highest BCUT2D eigenvalue weighted by atomic mass is 16.5. The van der Waals surface area contributed by atoms with Gasteiger partial charge in [-0.2, -0.15) is 0 Å². The fourth-order valence-corrected chi connectivity index (χ4v) is 1.87. The van der Waals surface area contributed by atoms with Crippen molar-refractivity contribution in [1.29, 1.82) is 0 Å². The van der Waals surface area contributed by atoms with Crippen LogP contribution in [0.3, 0.4) is 0 Å². The predicted octanol–water partition coefficient (Wildman–Crippen LogP) is 1.76. The zero-order valence-electron chi connectivity index (χ0n) is 9.01. The molecule has 1 aliphatic heterocycles. The maximum absolute atomic E-state index is 11.5. The van der Waals surface area contributed by atoms with Crippen LogP contribution in [0, 0.1) is 0 Å². The van der Waals surface area contributed by atoms with Gasteiger partial charge in [-0.1, -0.05) is 0 Å². The molecule has 0 saturated carbocycles. The highest BCUT2D eigenvalue weighted by molar-refractivity contribution is 5.94. The molecule has 0 radical (unpaired) electrons. The van der Waals surface area contributed by atoms with Gasteiger partial charge >= 0.3 is 5.97 Å². The molecule has 4 heteroatoms. The molecule has 0 aromatic heterocycles. The number of carbonyl (C=O) groups is 1. The third-order valence-electron chi connectivity index (χ3n) is 2.70. The first-order valence-corrected chi connectivity index (χ1v) is 5.30. The number of rotatable bonds is 3. The number of benzene rings is 1. The van der Waals surface area contributed by atoms with Gasteiger partial charge in [-0.3, -0.25) is 0 Å². The van der Waals surface area contributed by atoms with E-state index in [0.717, 1.165) is 0 Å². The van der Waals surface area contributed by atoms with Crippen LogP contribution in [-0.4, -0.2) is 22.3 Å². The Morgan fingerprint density at radius 2 is 2.25 bits per heavy atom. The van der Waals surface area contributed by atoms with Crippen LogP contribution in [-0.2, 0) is 4.74 Å². The minimum Gasteiger partial charge on any atom is -0.508 e. The largest absolute Gasteiger partial charge is 0.508 e. The topological polar surface area (TPSA) is 66.8 Å². The predicted molar refractivity (Wildman–Crippen MR) is 57.2 cm³/mol. The zero-order valence-corrected chi connectivity index (χ0v) is 9.01. The number of phenolic OH excluding ortho intramolecular Hbond substituents is 1. The van der Waals surface area contributed by atoms with Crippen LogP contribution < -0.4 is 0 Å². The van der Waals surface area contributed by atoms with E-state index in [9.17, 15) is 15.0 Å². The Morgan fingerprint density at radius 3 is 2.94 bits per heavy atom. The number of aliphatic hydroxyl groups excluding tert-OH is 1. The van der Waals surface area contributed by atoms with Gasteiger partial charge in [-0.15, -0.1) is 0 Å². The monoisotopic (exact) mass is 222 g/mol. The summed E-state index contributed by atoms with van der Waals surface area (Å²) in [6.45, 7) is 1.69. The summed E-state index contributed by atoms with van der Waals surface area (Å²) in [5.41, 5.74) is 1.22. The molecule has 86 valence electrons. The lowest BCUT2D eigenvalue weighted by Gasteiger charge is -2.11. The zero-order chi connectivity index (χ0) is 11.7. The van der Waals surface area contributed by atoms with E-state index in [1.807, 2.05) is 0 Å². The molecule has 2 atom stereocenters. The van der Waals surface area contributed by atoms with Gasteiger partial charge in [0.15, 0.2) is 0 Å². The number of hydrogen-bond donors (Lipinski definition) is 2. The number of carbonyl (C=O) groups excluding carboxylic acids is 1. The van der Waals surface area contributed by atoms with E-state index >= 15 is 0 Å². The first-order valence-electron chi connectivity index (χ1n) is 5.30. The summed E-state index contributed by atoms with van der Waals surface area (Å²) in [5.74, 6) is -0.232. The molecule has 0 unspecified atom stereocenters. The van der Waals surface area contributed by atoms with Crippen molar-refractivity contribution in [3.63, 3.8) is 0 Å². The fourth-order valence-electron chi connectivity index (χ4n) is 1.87. The summed E-state index contributed by atoms with van der Waals surface area (Å²) in [7, 11) is 0. The quantitative estimate of drug-likeness (QED) is 0.765. The number of hydrogen-bond acceptors (Lipinski definition) is 4. The normalized spacial score (nSPS) is 20.4. The molecule has 0 spiro atoms. The summed E-state index contributed by atoms with van der Waals surface area (Å²) in [5, 5.41) is 18.6. The fraction of sp³-hybridized carbons (Fsp3) is 0.417. The van der Waals surface area contributed by atoms with Crippen molar-refractivity contribution >= 4 is 5.97 Å². The Morgan fingerprint density at radius 1 is 1.50 bits per heavy atom. The minimum atomic E-state index is -0.417. The Hall–Kier alpha value is -1.55. The van der Waals surface area contributed by atoms with E-state index in [0.29, 0.717) is 24.0 Å². The van der Waals surface area contributed by atoms with Crippen LogP contribution >= 0.6 is 0 Å². The minimum absolute atomic E-state index is 0.124. The lowest BCUT2D eigenvalue weighted by atomic mass is 10.0. The van der Waals surface area contributed by atoms with Crippen LogP contribution in [0.2, 0.25) is 0 Å². The standard InChI is InChI=1S/C12H14O4/c1-7(13)2-5-11-10-6-8(14)3-4-9(10)12(15)16-11/h3-4,6-7,11,13-14H,2,5H2,1H3/t7-,11+/m1/s1. The Balaban J connectivity index is 2.21. The molecule has 2 rings (SSSR count). The SMILES string of the molecule is C[C@@H](O)CC[C@@H]1OC(=O)c2ccc(O)cc21. The summed E-state index contributed by atoms with van der Waals surface area (Å²) in [4.78, 5) is 11.5. The van der Waals surface area contributed by atoms with Crippen molar-refractivity contribution in [3.05, 3.63) is 29.3 Å². The second-order valence-corrected chi connectivity index (χ2v) is 4.09. The molecular formula is C12H14O4. The molecule has 1 heterocycles.